The van der Waals surface area contributed by atoms with Crippen LogP contribution in [0, 0.1) is 0 Å². The van der Waals surface area contributed by atoms with Gasteiger partial charge in [0.25, 0.3) is 5.91 Å². The van der Waals surface area contributed by atoms with E-state index in [2.05, 4.69) is 0 Å². The monoisotopic (exact) mass is 445 g/mol. The highest BCUT2D eigenvalue weighted by molar-refractivity contribution is 5.93. The van der Waals surface area contributed by atoms with Gasteiger partial charge in [-0.1, -0.05) is 72.8 Å². The average molecular weight is 446 g/mol. The number of nitrogens with zero attached hydrogens (tertiary/aromatic N) is 1. The third-order valence-electron chi connectivity index (χ3n) is 5.39. The Bertz CT molecular complexity index is 1030. The largest absolute Gasteiger partial charge is 0.475 e. The van der Waals surface area contributed by atoms with Gasteiger partial charge >= 0.3 is 5.97 Å². The quantitative estimate of drug-likeness (QED) is 0.389. The molecule has 0 fully saturated rings. The van der Waals surface area contributed by atoms with E-state index in [0.29, 0.717) is 24.3 Å². The van der Waals surface area contributed by atoms with Gasteiger partial charge in [-0.15, -0.1) is 0 Å². The summed E-state index contributed by atoms with van der Waals surface area (Å²) >= 11 is 0. The predicted molar refractivity (Wildman–Crippen MR) is 129 cm³/mol. The lowest BCUT2D eigenvalue weighted by Gasteiger charge is -2.30. The first kappa shape index (κ1) is 24.1. The summed E-state index contributed by atoms with van der Waals surface area (Å²) in [7, 11) is 0. The average Bonchev–Trinajstić information content (AvgIpc) is 2.84. The second kappa shape index (κ2) is 11.9. The number of para-hydroxylation sites is 1. The van der Waals surface area contributed by atoms with Crippen LogP contribution in [0.3, 0.4) is 0 Å². The molecular weight excluding hydrogens is 414 g/mol. The number of rotatable bonds is 10. The number of hydrogen-bond donors (Lipinski definition) is 0. The van der Waals surface area contributed by atoms with Crippen molar-refractivity contribution in [2.75, 3.05) is 13.2 Å². The first-order chi connectivity index (χ1) is 16.0. The minimum atomic E-state index is -0.869. The van der Waals surface area contributed by atoms with E-state index in [1.54, 1.807) is 29.2 Å². The van der Waals surface area contributed by atoms with Crippen molar-refractivity contribution in [2.45, 2.75) is 39.3 Å². The minimum absolute atomic E-state index is 0.0236. The molecule has 0 spiro atoms. The molecular formula is C28H31NO4. The van der Waals surface area contributed by atoms with Crippen LogP contribution < -0.4 is 4.74 Å². The zero-order chi connectivity index (χ0) is 23.6. The fourth-order valence-corrected chi connectivity index (χ4v) is 3.66. The molecule has 0 heterocycles. The molecule has 0 aliphatic heterocycles. The van der Waals surface area contributed by atoms with Crippen LogP contribution in [0.2, 0.25) is 0 Å². The summed E-state index contributed by atoms with van der Waals surface area (Å²) in [6.07, 6.45) is -0.243. The predicted octanol–water partition coefficient (Wildman–Crippen LogP) is 5.46. The van der Waals surface area contributed by atoms with E-state index in [1.807, 2.05) is 81.4 Å². The second-order valence-electron chi connectivity index (χ2n) is 7.99. The molecule has 172 valence electrons. The summed E-state index contributed by atoms with van der Waals surface area (Å²) < 4.78 is 11.7. The lowest BCUT2D eigenvalue weighted by molar-refractivity contribution is -0.140. The molecule has 1 atom stereocenters. The van der Waals surface area contributed by atoms with Crippen LogP contribution in [0.5, 0.6) is 5.75 Å². The second-order valence-corrected chi connectivity index (χ2v) is 7.99. The molecule has 3 rings (SSSR count). The van der Waals surface area contributed by atoms with Gasteiger partial charge in [-0.3, -0.25) is 4.79 Å². The molecule has 0 bridgehead atoms. The Kier molecular flexibility index (Phi) is 8.64. The molecule has 5 nitrogen and oxygen atoms in total. The highest BCUT2D eigenvalue weighted by atomic mass is 16.5. The van der Waals surface area contributed by atoms with Gasteiger partial charge in [0.15, 0.2) is 0 Å². The summed E-state index contributed by atoms with van der Waals surface area (Å²) in [4.78, 5) is 28.0. The van der Waals surface area contributed by atoms with Gasteiger partial charge in [0.1, 0.15) is 11.3 Å². The number of likely N-dealkylation sites (N-methyl/N-ethyl adjacent to an activating group) is 1. The highest BCUT2D eigenvalue weighted by Gasteiger charge is 2.30. The summed E-state index contributed by atoms with van der Waals surface area (Å²) in [6, 6.07) is 26.1. The van der Waals surface area contributed by atoms with Crippen molar-refractivity contribution in [3.63, 3.8) is 0 Å². The third kappa shape index (κ3) is 6.45. The minimum Gasteiger partial charge on any atom is -0.475 e. The normalized spacial score (nSPS) is 11.6. The maximum Gasteiger partial charge on any atom is 0.341 e. The van der Waals surface area contributed by atoms with E-state index >= 15 is 0 Å². The Morgan fingerprint density at radius 1 is 0.848 bits per heavy atom. The molecule has 3 aromatic carbocycles. The van der Waals surface area contributed by atoms with Crippen molar-refractivity contribution in [3.8, 4) is 5.75 Å². The molecule has 0 saturated heterocycles. The first-order valence-corrected chi connectivity index (χ1v) is 11.3. The summed E-state index contributed by atoms with van der Waals surface area (Å²) in [5.41, 5.74) is 2.12. The molecule has 3 aromatic rings. The number of carbonyl (C=O) groups excluding carboxylic acids is 2. The number of amides is 1. The Balaban J connectivity index is 1.80. The van der Waals surface area contributed by atoms with Crippen LogP contribution in [-0.4, -0.2) is 36.0 Å². The van der Waals surface area contributed by atoms with Crippen molar-refractivity contribution in [3.05, 3.63) is 102 Å². The molecule has 5 heteroatoms. The van der Waals surface area contributed by atoms with Crippen molar-refractivity contribution < 1.29 is 19.1 Å². The van der Waals surface area contributed by atoms with Crippen molar-refractivity contribution in [1.82, 2.24) is 4.90 Å². The Morgan fingerprint density at radius 3 is 2.09 bits per heavy atom. The van der Waals surface area contributed by atoms with E-state index in [0.717, 1.165) is 11.1 Å². The van der Waals surface area contributed by atoms with E-state index in [9.17, 15) is 9.59 Å². The number of esters is 1. The third-order valence-corrected chi connectivity index (χ3v) is 5.39. The fourth-order valence-electron chi connectivity index (χ4n) is 3.66. The number of carbonyl (C=O) groups is 2. The zero-order valence-corrected chi connectivity index (χ0v) is 19.4. The fraction of sp³-hybridized carbons (Fsp3) is 0.286. The van der Waals surface area contributed by atoms with Gasteiger partial charge in [0.05, 0.1) is 6.61 Å². The summed E-state index contributed by atoms with van der Waals surface area (Å²) in [5.74, 6) is -0.299. The highest BCUT2D eigenvalue weighted by Crippen LogP contribution is 2.28. The molecule has 33 heavy (non-hydrogen) atoms. The molecule has 1 unspecified atom stereocenters. The summed E-state index contributed by atoms with van der Waals surface area (Å²) in [5, 5.41) is 0. The van der Waals surface area contributed by atoms with Crippen LogP contribution in [-0.2, 0) is 16.0 Å². The number of benzene rings is 3. The molecule has 0 aromatic heterocycles. The molecule has 0 aliphatic carbocycles. The molecule has 1 amide bonds. The van der Waals surface area contributed by atoms with Crippen molar-refractivity contribution >= 4 is 11.9 Å². The Labute approximate surface area is 196 Å². The summed E-state index contributed by atoms with van der Waals surface area (Å²) in [6.45, 7) is 6.71. The van der Waals surface area contributed by atoms with Crippen LogP contribution in [0.15, 0.2) is 84.9 Å². The van der Waals surface area contributed by atoms with Gasteiger partial charge < -0.3 is 14.4 Å². The van der Waals surface area contributed by atoms with E-state index in [1.165, 1.54) is 0 Å². The van der Waals surface area contributed by atoms with Crippen LogP contribution in [0.1, 0.15) is 48.4 Å². The van der Waals surface area contributed by atoms with Crippen LogP contribution >= 0.6 is 0 Å². The van der Waals surface area contributed by atoms with Crippen LogP contribution in [0.4, 0.5) is 0 Å². The molecule has 0 N–H and O–H groups in total. The smallest absolute Gasteiger partial charge is 0.341 e. The SMILES string of the molecule is CCN(C(=O)C(Oc1ccccc1C(=O)OCCc1ccccc1)c1ccccc1)C(C)C. The van der Waals surface area contributed by atoms with Gasteiger partial charge in [0, 0.05) is 24.6 Å². The van der Waals surface area contributed by atoms with E-state index in [4.69, 9.17) is 9.47 Å². The van der Waals surface area contributed by atoms with Crippen LogP contribution in [0.25, 0.3) is 0 Å². The standard InChI is InChI=1S/C28H31NO4/c1-4-29(21(2)3)27(30)26(23-15-9-6-10-16-23)33-25-18-12-11-17-24(25)28(31)32-20-19-22-13-7-5-8-14-22/h5-18,21,26H,4,19-20H2,1-3H3. The maximum atomic E-state index is 13.4. The van der Waals surface area contributed by atoms with Crippen molar-refractivity contribution in [1.29, 1.82) is 0 Å². The lowest BCUT2D eigenvalue weighted by Crippen LogP contribution is -2.41. The maximum absolute atomic E-state index is 13.4. The lowest BCUT2D eigenvalue weighted by atomic mass is 10.1. The Hall–Kier alpha value is -3.60. The first-order valence-electron chi connectivity index (χ1n) is 11.3. The van der Waals surface area contributed by atoms with Gasteiger partial charge in [-0.2, -0.15) is 0 Å². The number of hydrogen-bond acceptors (Lipinski definition) is 4. The topological polar surface area (TPSA) is 55.8 Å². The van der Waals surface area contributed by atoms with Gasteiger partial charge in [0.2, 0.25) is 6.10 Å². The molecule has 0 radical (unpaired) electrons. The number of ether oxygens (including phenoxy) is 2. The molecule has 0 aliphatic rings. The van der Waals surface area contributed by atoms with Gasteiger partial charge in [-0.25, -0.2) is 4.79 Å². The van der Waals surface area contributed by atoms with Gasteiger partial charge in [-0.05, 0) is 38.5 Å². The van der Waals surface area contributed by atoms with E-state index < -0.39 is 12.1 Å². The van der Waals surface area contributed by atoms with Crippen molar-refractivity contribution in [2.24, 2.45) is 0 Å². The molecule has 0 saturated carbocycles. The Morgan fingerprint density at radius 2 is 1.45 bits per heavy atom. The zero-order valence-electron chi connectivity index (χ0n) is 19.4. The van der Waals surface area contributed by atoms with E-state index in [-0.39, 0.29) is 18.6 Å².